The molecular formula is C25H26Cl2N6O3. The number of fused-ring (bicyclic) bond motifs is 1. The summed E-state index contributed by atoms with van der Waals surface area (Å²) in [6, 6.07) is 12.2. The standard InChI is InChI=1S/C25H26Cl2N6O3/c1-25(2,28)12-29-14-7-5-13(6-8-14)24(34)31-23-15-9-10-16(30-22(15)32-33-23)19-20(26)17(35-3)11-18(36-4)21(19)27/h5-11,29H,12,28H2,1-4H3,(H2,30,31,32,33,34). The van der Waals surface area contributed by atoms with Crippen LogP contribution in [0.3, 0.4) is 0 Å². The second-order valence-electron chi connectivity index (χ2n) is 8.82. The highest BCUT2D eigenvalue weighted by molar-refractivity contribution is 6.41. The number of rotatable bonds is 8. The lowest BCUT2D eigenvalue weighted by atomic mass is 10.1. The lowest BCUT2D eigenvalue weighted by Crippen LogP contribution is -2.39. The van der Waals surface area contributed by atoms with Crippen molar-refractivity contribution < 1.29 is 14.3 Å². The van der Waals surface area contributed by atoms with E-state index >= 15 is 0 Å². The number of nitrogens with one attached hydrogen (secondary N) is 3. The molecule has 0 spiro atoms. The van der Waals surface area contributed by atoms with Crippen LogP contribution >= 0.6 is 23.2 Å². The van der Waals surface area contributed by atoms with E-state index in [0.29, 0.717) is 61.8 Å². The molecule has 2 aromatic carbocycles. The van der Waals surface area contributed by atoms with Gasteiger partial charge in [-0.25, -0.2) is 4.98 Å². The van der Waals surface area contributed by atoms with E-state index in [2.05, 4.69) is 25.8 Å². The van der Waals surface area contributed by atoms with Crippen molar-refractivity contribution in [2.75, 3.05) is 31.4 Å². The highest BCUT2D eigenvalue weighted by Crippen LogP contribution is 2.45. The van der Waals surface area contributed by atoms with Gasteiger partial charge in [0.2, 0.25) is 0 Å². The van der Waals surface area contributed by atoms with Crippen molar-refractivity contribution in [1.82, 2.24) is 15.2 Å². The summed E-state index contributed by atoms with van der Waals surface area (Å²) in [5, 5.41) is 14.4. The number of hydrogen-bond donors (Lipinski definition) is 4. The van der Waals surface area contributed by atoms with Gasteiger partial charge in [-0.05, 0) is 50.2 Å². The molecule has 2 heterocycles. The van der Waals surface area contributed by atoms with Crippen molar-refractivity contribution in [2.24, 2.45) is 5.73 Å². The number of nitrogens with zero attached hydrogens (tertiary/aromatic N) is 2. The highest BCUT2D eigenvalue weighted by atomic mass is 35.5. The van der Waals surface area contributed by atoms with Gasteiger partial charge in [-0.3, -0.25) is 9.89 Å². The lowest BCUT2D eigenvalue weighted by Gasteiger charge is -2.19. The number of ether oxygens (including phenoxy) is 2. The van der Waals surface area contributed by atoms with Crippen molar-refractivity contribution >= 4 is 51.6 Å². The van der Waals surface area contributed by atoms with Crippen LogP contribution in [0, 0.1) is 0 Å². The zero-order chi connectivity index (χ0) is 26.0. The molecule has 0 fully saturated rings. The number of methoxy groups -OCH3 is 2. The van der Waals surface area contributed by atoms with Crippen molar-refractivity contribution in [3.8, 4) is 22.8 Å². The van der Waals surface area contributed by atoms with E-state index < -0.39 is 0 Å². The summed E-state index contributed by atoms with van der Waals surface area (Å²) in [6.45, 7) is 4.47. The van der Waals surface area contributed by atoms with E-state index in [1.807, 2.05) is 26.0 Å². The molecule has 0 aliphatic rings. The molecule has 5 N–H and O–H groups in total. The Labute approximate surface area is 218 Å². The van der Waals surface area contributed by atoms with Gasteiger partial charge in [0, 0.05) is 35.0 Å². The SMILES string of the molecule is COc1cc(OC)c(Cl)c(-c2ccc3c(NC(=O)c4ccc(NCC(C)(C)N)cc4)n[nH]c3n2)c1Cl. The van der Waals surface area contributed by atoms with E-state index in [9.17, 15) is 4.79 Å². The van der Waals surface area contributed by atoms with Gasteiger partial charge in [-0.15, -0.1) is 0 Å². The maximum Gasteiger partial charge on any atom is 0.256 e. The predicted octanol–water partition coefficient (Wildman–Crippen LogP) is 5.35. The van der Waals surface area contributed by atoms with Gasteiger partial charge in [-0.2, -0.15) is 5.10 Å². The van der Waals surface area contributed by atoms with E-state index in [-0.39, 0.29) is 11.4 Å². The van der Waals surface area contributed by atoms with E-state index in [1.165, 1.54) is 14.2 Å². The fourth-order valence-electron chi connectivity index (χ4n) is 3.50. The molecule has 0 saturated heterocycles. The van der Waals surface area contributed by atoms with Gasteiger partial charge in [-0.1, -0.05) is 23.2 Å². The van der Waals surface area contributed by atoms with Crippen molar-refractivity contribution in [2.45, 2.75) is 19.4 Å². The third-order valence-corrected chi connectivity index (χ3v) is 6.13. The third-order valence-electron chi connectivity index (χ3n) is 5.38. The first-order valence-corrected chi connectivity index (χ1v) is 11.8. The quantitative estimate of drug-likeness (QED) is 0.242. The molecule has 0 aliphatic carbocycles. The van der Waals surface area contributed by atoms with Crippen LogP contribution in [0.15, 0.2) is 42.5 Å². The first kappa shape index (κ1) is 25.6. The Balaban J connectivity index is 1.57. The number of hydrogen-bond acceptors (Lipinski definition) is 7. The molecule has 0 saturated carbocycles. The minimum absolute atomic E-state index is 0.302. The number of amides is 1. The van der Waals surface area contributed by atoms with Crippen molar-refractivity contribution in [1.29, 1.82) is 0 Å². The molecule has 0 bridgehead atoms. The van der Waals surface area contributed by atoms with Crippen LogP contribution in [-0.4, -0.2) is 47.4 Å². The molecule has 0 unspecified atom stereocenters. The fourth-order valence-corrected chi connectivity index (χ4v) is 4.19. The number of aromatic nitrogens is 3. The number of pyridine rings is 1. The molecule has 2 aromatic heterocycles. The molecule has 4 rings (SSSR count). The van der Waals surface area contributed by atoms with E-state index in [4.69, 9.17) is 38.4 Å². The Bertz CT molecular complexity index is 1390. The van der Waals surface area contributed by atoms with Gasteiger partial charge in [0.15, 0.2) is 11.5 Å². The Hall–Kier alpha value is -3.53. The van der Waals surface area contributed by atoms with Crippen LogP contribution in [0.25, 0.3) is 22.3 Å². The summed E-state index contributed by atoms with van der Waals surface area (Å²) in [6.07, 6.45) is 0. The van der Waals surface area contributed by atoms with Crippen molar-refractivity contribution in [3.05, 3.63) is 58.1 Å². The van der Waals surface area contributed by atoms with Crippen LogP contribution in [0.2, 0.25) is 10.0 Å². The summed E-state index contributed by atoms with van der Waals surface area (Å²) in [5.41, 5.74) is 8.40. The van der Waals surface area contributed by atoms with Gasteiger partial charge < -0.3 is 25.8 Å². The first-order chi connectivity index (χ1) is 17.1. The Morgan fingerprint density at radius 2 is 1.69 bits per heavy atom. The molecule has 9 nitrogen and oxygen atoms in total. The number of anilines is 2. The monoisotopic (exact) mass is 528 g/mol. The second kappa shape index (κ2) is 10.2. The van der Waals surface area contributed by atoms with Crippen LogP contribution in [-0.2, 0) is 0 Å². The Morgan fingerprint density at radius 1 is 1.06 bits per heavy atom. The predicted molar refractivity (Wildman–Crippen MR) is 144 cm³/mol. The topological polar surface area (TPSA) is 127 Å². The largest absolute Gasteiger partial charge is 0.495 e. The molecule has 11 heteroatoms. The van der Waals surface area contributed by atoms with Gasteiger partial charge in [0.1, 0.15) is 11.5 Å². The van der Waals surface area contributed by atoms with Crippen LogP contribution in [0.5, 0.6) is 11.5 Å². The fraction of sp³-hybridized carbons (Fsp3) is 0.240. The number of benzene rings is 2. The summed E-state index contributed by atoms with van der Waals surface area (Å²) in [5.74, 6) is 0.851. The van der Waals surface area contributed by atoms with Crippen molar-refractivity contribution in [3.63, 3.8) is 0 Å². The Kier molecular flexibility index (Phi) is 7.26. The van der Waals surface area contributed by atoms with Gasteiger partial charge >= 0.3 is 0 Å². The number of carbonyl (C=O) groups is 1. The summed E-state index contributed by atoms with van der Waals surface area (Å²) >= 11 is 13.1. The zero-order valence-corrected chi connectivity index (χ0v) is 21.7. The number of aromatic amines is 1. The summed E-state index contributed by atoms with van der Waals surface area (Å²) in [4.78, 5) is 17.4. The maximum absolute atomic E-state index is 12.8. The summed E-state index contributed by atoms with van der Waals surface area (Å²) < 4.78 is 10.7. The smallest absolute Gasteiger partial charge is 0.256 e. The van der Waals surface area contributed by atoms with Gasteiger partial charge in [0.05, 0.1) is 35.3 Å². The second-order valence-corrected chi connectivity index (χ2v) is 9.58. The number of nitrogens with two attached hydrogens (primary N) is 1. The molecule has 0 atom stereocenters. The molecule has 36 heavy (non-hydrogen) atoms. The molecule has 1 amide bonds. The molecule has 0 aliphatic heterocycles. The van der Waals surface area contributed by atoms with Crippen LogP contribution in [0.1, 0.15) is 24.2 Å². The minimum Gasteiger partial charge on any atom is -0.495 e. The minimum atomic E-state index is -0.347. The normalized spacial score (nSPS) is 11.4. The number of H-pyrrole nitrogens is 1. The molecule has 0 radical (unpaired) electrons. The van der Waals surface area contributed by atoms with E-state index in [1.54, 1.807) is 30.3 Å². The van der Waals surface area contributed by atoms with E-state index in [0.717, 1.165) is 5.69 Å². The first-order valence-electron chi connectivity index (χ1n) is 11.0. The number of halogens is 2. The summed E-state index contributed by atoms with van der Waals surface area (Å²) in [7, 11) is 3.01. The third kappa shape index (κ3) is 5.33. The highest BCUT2D eigenvalue weighted by Gasteiger charge is 2.21. The molecule has 4 aromatic rings. The molecular weight excluding hydrogens is 503 g/mol. The average molecular weight is 529 g/mol. The van der Waals surface area contributed by atoms with Gasteiger partial charge in [0.25, 0.3) is 5.91 Å². The lowest BCUT2D eigenvalue weighted by molar-refractivity contribution is 0.102. The van der Waals surface area contributed by atoms with Crippen LogP contribution in [0.4, 0.5) is 11.5 Å². The average Bonchev–Trinajstić information content (AvgIpc) is 3.25. The maximum atomic E-state index is 12.8. The molecule has 188 valence electrons. The zero-order valence-electron chi connectivity index (χ0n) is 20.2. The number of carbonyl (C=O) groups excluding carboxylic acids is 1. The Morgan fingerprint density at radius 3 is 2.28 bits per heavy atom. The van der Waals surface area contributed by atoms with Crippen LogP contribution < -0.4 is 25.8 Å².